The smallest absolute Gasteiger partial charge is 0.232 e. The van der Waals surface area contributed by atoms with Gasteiger partial charge in [0.15, 0.2) is 5.78 Å². The Labute approximate surface area is 216 Å². The van der Waals surface area contributed by atoms with Crippen molar-refractivity contribution in [3.05, 3.63) is 100 Å². The summed E-state index contributed by atoms with van der Waals surface area (Å²) in [7, 11) is 1.62. The molecule has 0 saturated heterocycles. The Morgan fingerprint density at radius 2 is 1.81 bits per heavy atom. The van der Waals surface area contributed by atoms with Crippen LogP contribution in [0.4, 0.5) is 11.4 Å². The molecule has 0 bridgehead atoms. The van der Waals surface area contributed by atoms with Crippen LogP contribution in [0.2, 0.25) is 5.02 Å². The van der Waals surface area contributed by atoms with Crippen LogP contribution in [0.1, 0.15) is 43.9 Å². The van der Waals surface area contributed by atoms with E-state index in [1.54, 1.807) is 24.1 Å². The number of nitrogens with one attached hydrogen (secondary N) is 1. The molecule has 5 rings (SSSR count). The maximum atomic E-state index is 14.1. The molecule has 1 atom stereocenters. The summed E-state index contributed by atoms with van der Waals surface area (Å²) in [6.07, 6.45) is 1.31. The number of halogens is 1. The molecule has 1 aliphatic carbocycles. The van der Waals surface area contributed by atoms with E-state index in [0.29, 0.717) is 29.2 Å². The van der Waals surface area contributed by atoms with Crippen molar-refractivity contribution >= 4 is 34.7 Å². The molecule has 184 valence electrons. The van der Waals surface area contributed by atoms with E-state index < -0.39 is 6.04 Å². The molecule has 1 aliphatic heterocycles. The number of para-hydroxylation sites is 2. The van der Waals surface area contributed by atoms with Crippen molar-refractivity contribution in [2.24, 2.45) is 5.41 Å². The number of rotatable bonds is 4. The van der Waals surface area contributed by atoms with Gasteiger partial charge in [-0.2, -0.15) is 0 Å². The molecule has 1 N–H and O–H groups in total. The number of anilines is 2. The van der Waals surface area contributed by atoms with Gasteiger partial charge in [-0.3, -0.25) is 14.5 Å². The third kappa shape index (κ3) is 4.63. The van der Waals surface area contributed by atoms with Crippen molar-refractivity contribution in [3.8, 4) is 5.75 Å². The Kier molecular flexibility index (Phi) is 6.35. The normalized spacial score (nSPS) is 18.6. The molecule has 1 heterocycles. The first kappa shape index (κ1) is 24.1. The first-order chi connectivity index (χ1) is 17.3. The summed E-state index contributed by atoms with van der Waals surface area (Å²) in [6.45, 7) is 4.22. The van der Waals surface area contributed by atoms with Gasteiger partial charge in [0.1, 0.15) is 5.75 Å². The summed E-state index contributed by atoms with van der Waals surface area (Å²) in [4.78, 5) is 29.7. The number of ketones is 1. The van der Waals surface area contributed by atoms with Gasteiger partial charge in [-0.05, 0) is 59.4 Å². The number of ether oxygens (including phenoxy) is 1. The molecule has 3 aromatic rings. The Morgan fingerprint density at radius 3 is 2.56 bits per heavy atom. The molecule has 5 nitrogen and oxygen atoms in total. The second-order valence-electron chi connectivity index (χ2n) is 10.2. The summed E-state index contributed by atoms with van der Waals surface area (Å²) in [5.41, 5.74) is 4.57. The zero-order valence-electron chi connectivity index (χ0n) is 20.7. The summed E-state index contributed by atoms with van der Waals surface area (Å²) in [5, 5.41) is 4.17. The zero-order chi connectivity index (χ0) is 25.4. The molecule has 0 fully saturated rings. The minimum Gasteiger partial charge on any atom is -0.497 e. The number of methoxy groups -OCH3 is 1. The molecule has 1 amide bonds. The van der Waals surface area contributed by atoms with E-state index in [9.17, 15) is 9.59 Å². The molecule has 36 heavy (non-hydrogen) atoms. The first-order valence-corrected chi connectivity index (χ1v) is 12.5. The van der Waals surface area contributed by atoms with Crippen molar-refractivity contribution in [1.82, 2.24) is 0 Å². The van der Waals surface area contributed by atoms with Crippen molar-refractivity contribution in [2.75, 3.05) is 17.3 Å². The van der Waals surface area contributed by atoms with Gasteiger partial charge in [-0.25, -0.2) is 0 Å². The highest BCUT2D eigenvalue weighted by Crippen LogP contribution is 2.48. The van der Waals surface area contributed by atoms with Gasteiger partial charge in [0.25, 0.3) is 0 Å². The van der Waals surface area contributed by atoms with Crippen LogP contribution in [-0.4, -0.2) is 18.8 Å². The number of carbonyl (C=O) groups excluding carboxylic acids is 2. The lowest BCUT2D eigenvalue weighted by Crippen LogP contribution is -2.40. The van der Waals surface area contributed by atoms with Gasteiger partial charge in [0.05, 0.1) is 30.9 Å². The van der Waals surface area contributed by atoms with Gasteiger partial charge in [0.2, 0.25) is 5.91 Å². The Bertz CT molecular complexity index is 1360. The topological polar surface area (TPSA) is 58.6 Å². The second-order valence-corrected chi connectivity index (χ2v) is 10.7. The van der Waals surface area contributed by atoms with Crippen molar-refractivity contribution in [2.45, 2.75) is 39.2 Å². The lowest BCUT2D eigenvalue weighted by Gasteiger charge is -2.37. The zero-order valence-corrected chi connectivity index (χ0v) is 21.4. The maximum absolute atomic E-state index is 14.1. The number of hydrogen-bond donors (Lipinski definition) is 1. The molecule has 0 aromatic heterocycles. The number of nitrogens with zero attached hydrogens (tertiary/aromatic N) is 1. The molecule has 0 saturated carbocycles. The summed E-state index contributed by atoms with van der Waals surface area (Å²) in [6, 6.07) is 22.1. The monoisotopic (exact) mass is 500 g/mol. The highest BCUT2D eigenvalue weighted by Gasteiger charge is 2.43. The van der Waals surface area contributed by atoms with Gasteiger partial charge in [-0.15, -0.1) is 0 Å². The Morgan fingerprint density at radius 1 is 1.06 bits per heavy atom. The molecule has 0 spiro atoms. The van der Waals surface area contributed by atoms with Crippen LogP contribution < -0.4 is 15.0 Å². The lowest BCUT2D eigenvalue weighted by molar-refractivity contribution is -0.119. The van der Waals surface area contributed by atoms with E-state index in [-0.39, 0.29) is 23.5 Å². The first-order valence-electron chi connectivity index (χ1n) is 12.1. The average molecular weight is 501 g/mol. The van der Waals surface area contributed by atoms with Gasteiger partial charge in [0, 0.05) is 22.7 Å². The van der Waals surface area contributed by atoms with Crippen molar-refractivity contribution < 1.29 is 14.3 Å². The third-order valence-corrected chi connectivity index (χ3v) is 7.10. The van der Waals surface area contributed by atoms with Crippen molar-refractivity contribution in [1.29, 1.82) is 0 Å². The fraction of sp³-hybridized carbons (Fsp3) is 0.267. The quantitative estimate of drug-likeness (QED) is 0.431. The minimum atomic E-state index is -0.588. The number of Topliss-reactive ketones (excluding diaryl/α,β-unsaturated/α-hetero) is 1. The van der Waals surface area contributed by atoms with Gasteiger partial charge >= 0.3 is 0 Å². The number of fused-ring (bicyclic) bond motifs is 1. The van der Waals surface area contributed by atoms with Crippen LogP contribution in [0.3, 0.4) is 0 Å². The third-order valence-electron chi connectivity index (χ3n) is 6.85. The van der Waals surface area contributed by atoms with Crippen LogP contribution in [-0.2, 0) is 16.0 Å². The SMILES string of the molecule is COc1cccc([C@@H]2C3=C(CC(C)(C)CC3=O)Nc3ccccc3N2C(=O)Cc2ccc(Cl)cc2)c1. The van der Waals surface area contributed by atoms with E-state index in [2.05, 4.69) is 19.2 Å². The molecule has 0 unspecified atom stereocenters. The Balaban J connectivity index is 1.72. The fourth-order valence-electron chi connectivity index (χ4n) is 5.25. The standard InChI is InChI=1S/C30H29ClN2O3/c1-30(2)17-24-28(26(34)18-30)29(20-7-6-8-22(16-20)36-3)33(25-10-5-4-9-23(25)32-24)27(35)15-19-11-13-21(31)14-12-19/h4-14,16,29,32H,15,17-18H2,1-3H3/t29-/m1/s1. The summed E-state index contributed by atoms with van der Waals surface area (Å²) in [5.74, 6) is 0.623. The van der Waals surface area contributed by atoms with Crippen LogP contribution in [0.25, 0.3) is 0 Å². The van der Waals surface area contributed by atoms with E-state index >= 15 is 0 Å². The number of benzene rings is 3. The fourth-order valence-corrected chi connectivity index (χ4v) is 5.38. The number of hydrogen-bond acceptors (Lipinski definition) is 4. The van der Waals surface area contributed by atoms with Crippen LogP contribution in [0, 0.1) is 5.41 Å². The molecule has 3 aromatic carbocycles. The number of carbonyl (C=O) groups is 2. The minimum absolute atomic E-state index is 0.0543. The molecule has 2 aliphatic rings. The second kappa shape index (κ2) is 9.47. The summed E-state index contributed by atoms with van der Waals surface area (Å²) >= 11 is 6.07. The van der Waals surface area contributed by atoms with Crippen LogP contribution in [0.5, 0.6) is 5.75 Å². The van der Waals surface area contributed by atoms with Crippen LogP contribution >= 0.6 is 11.6 Å². The lowest BCUT2D eigenvalue weighted by atomic mass is 9.73. The van der Waals surface area contributed by atoms with Crippen molar-refractivity contribution in [3.63, 3.8) is 0 Å². The van der Waals surface area contributed by atoms with Gasteiger partial charge in [-0.1, -0.05) is 61.8 Å². The van der Waals surface area contributed by atoms with Gasteiger partial charge < -0.3 is 10.1 Å². The maximum Gasteiger partial charge on any atom is 0.232 e. The number of allylic oxidation sites excluding steroid dienone is 1. The largest absolute Gasteiger partial charge is 0.497 e. The molecule has 6 heteroatoms. The molecular formula is C30H29ClN2O3. The highest BCUT2D eigenvalue weighted by molar-refractivity contribution is 6.30. The predicted molar refractivity (Wildman–Crippen MR) is 143 cm³/mol. The molecular weight excluding hydrogens is 472 g/mol. The van der Waals surface area contributed by atoms with E-state index in [1.807, 2.05) is 60.7 Å². The average Bonchev–Trinajstić information content (AvgIpc) is 2.99. The van der Waals surface area contributed by atoms with E-state index in [0.717, 1.165) is 28.2 Å². The molecule has 0 radical (unpaired) electrons. The Hall–Kier alpha value is -3.57. The van der Waals surface area contributed by atoms with E-state index in [4.69, 9.17) is 16.3 Å². The summed E-state index contributed by atoms with van der Waals surface area (Å²) < 4.78 is 5.51. The van der Waals surface area contributed by atoms with E-state index in [1.165, 1.54) is 0 Å². The van der Waals surface area contributed by atoms with Crippen LogP contribution in [0.15, 0.2) is 84.1 Å². The number of amides is 1. The predicted octanol–water partition coefficient (Wildman–Crippen LogP) is 6.73. The highest BCUT2D eigenvalue weighted by atomic mass is 35.5.